The molecule has 1 aromatic rings. The summed E-state index contributed by atoms with van der Waals surface area (Å²) in [6.45, 7) is 7.37. The highest BCUT2D eigenvalue weighted by Gasteiger charge is 2.28. The van der Waals surface area contributed by atoms with Gasteiger partial charge in [-0.25, -0.2) is 0 Å². The fraction of sp³-hybridized carbons (Fsp3) is 0.706. The van der Waals surface area contributed by atoms with Gasteiger partial charge in [0, 0.05) is 37.6 Å². The van der Waals surface area contributed by atoms with Crippen molar-refractivity contribution < 1.29 is 9.90 Å². The zero-order valence-corrected chi connectivity index (χ0v) is 13.7. The number of hydrogen-bond acceptors (Lipinski definition) is 2. The van der Waals surface area contributed by atoms with E-state index in [1.54, 1.807) is 0 Å². The summed E-state index contributed by atoms with van der Waals surface area (Å²) in [5.41, 5.74) is 3.05. The average Bonchev–Trinajstić information content (AvgIpc) is 2.80. The number of hydrogen-bond donors (Lipinski definition) is 1. The lowest BCUT2D eigenvalue weighted by atomic mass is 9.86. The lowest BCUT2D eigenvalue weighted by Gasteiger charge is -2.34. The number of carbonyl (C=O) groups excluding carboxylic acids is 1. The van der Waals surface area contributed by atoms with Gasteiger partial charge in [-0.1, -0.05) is 0 Å². The van der Waals surface area contributed by atoms with Crippen LogP contribution in [0.2, 0.25) is 0 Å². The first kappa shape index (κ1) is 16.1. The SMILES string of the molecule is CCn1c(C)cc(C(=O)N(C)C2CCC(CO)CC2)c1C. The maximum absolute atomic E-state index is 12.8. The largest absolute Gasteiger partial charge is 0.396 e. The minimum absolute atomic E-state index is 0.134. The Hall–Kier alpha value is -1.29. The molecule has 1 saturated carbocycles. The monoisotopic (exact) mass is 292 g/mol. The second kappa shape index (κ2) is 6.65. The minimum atomic E-state index is 0.134. The van der Waals surface area contributed by atoms with Crippen molar-refractivity contribution >= 4 is 5.91 Å². The molecule has 1 aliphatic rings. The molecule has 0 aliphatic heterocycles. The third kappa shape index (κ3) is 3.15. The normalized spacial score (nSPS) is 22.3. The van der Waals surface area contributed by atoms with Crippen LogP contribution in [0.4, 0.5) is 0 Å². The van der Waals surface area contributed by atoms with E-state index in [1.807, 2.05) is 24.9 Å². The molecule has 0 unspecified atom stereocenters. The molecule has 1 fully saturated rings. The first-order valence-electron chi connectivity index (χ1n) is 8.04. The number of aryl methyl sites for hydroxylation is 1. The summed E-state index contributed by atoms with van der Waals surface area (Å²) in [5.74, 6) is 0.560. The van der Waals surface area contributed by atoms with Gasteiger partial charge in [0.15, 0.2) is 0 Å². The van der Waals surface area contributed by atoms with Crippen LogP contribution >= 0.6 is 0 Å². The lowest BCUT2D eigenvalue weighted by Crippen LogP contribution is -2.40. The topological polar surface area (TPSA) is 45.5 Å². The Balaban J connectivity index is 2.09. The maximum Gasteiger partial charge on any atom is 0.255 e. The Labute approximate surface area is 127 Å². The number of nitrogens with zero attached hydrogens (tertiary/aromatic N) is 2. The van der Waals surface area contributed by atoms with Crippen LogP contribution in [0.5, 0.6) is 0 Å². The summed E-state index contributed by atoms with van der Waals surface area (Å²) in [6.07, 6.45) is 4.04. The predicted octanol–water partition coefficient (Wildman–Crippen LogP) is 2.75. The molecule has 4 heteroatoms. The Morgan fingerprint density at radius 3 is 2.43 bits per heavy atom. The van der Waals surface area contributed by atoms with Crippen LogP contribution in [-0.2, 0) is 6.54 Å². The van der Waals surface area contributed by atoms with Gasteiger partial charge >= 0.3 is 0 Å². The molecule has 0 bridgehead atoms. The second-order valence-electron chi connectivity index (χ2n) is 6.30. The van der Waals surface area contributed by atoms with Crippen LogP contribution < -0.4 is 0 Å². The van der Waals surface area contributed by atoms with Crippen molar-refractivity contribution in [2.24, 2.45) is 5.92 Å². The van der Waals surface area contributed by atoms with Crippen LogP contribution in [0, 0.1) is 19.8 Å². The van der Waals surface area contributed by atoms with Gasteiger partial charge in [-0.15, -0.1) is 0 Å². The highest BCUT2D eigenvalue weighted by Crippen LogP contribution is 2.28. The van der Waals surface area contributed by atoms with E-state index in [4.69, 9.17) is 0 Å². The van der Waals surface area contributed by atoms with Crippen molar-refractivity contribution in [1.82, 2.24) is 9.47 Å². The molecular weight excluding hydrogens is 264 g/mol. The van der Waals surface area contributed by atoms with Crippen molar-refractivity contribution in [1.29, 1.82) is 0 Å². The van der Waals surface area contributed by atoms with Crippen LogP contribution in [0.15, 0.2) is 6.07 Å². The summed E-state index contributed by atoms with van der Waals surface area (Å²) in [4.78, 5) is 14.7. The molecule has 0 atom stereocenters. The van der Waals surface area contributed by atoms with E-state index in [0.717, 1.165) is 49.2 Å². The standard InChI is InChI=1S/C17H28N2O2/c1-5-19-12(2)10-16(13(19)3)17(21)18(4)15-8-6-14(11-20)7-9-15/h10,14-15,20H,5-9,11H2,1-4H3. The molecule has 0 saturated heterocycles. The Morgan fingerprint density at radius 2 is 1.95 bits per heavy atom. The fourth-order valence-corrected chi connectivity index (χ4v) is 3.57. The average molecular weight is 292 g/mol. The van der Waals surface area contributed by atoms with Gasteiger partial charge in [0.1, 0.15) is 0 Å². The molecule has 21 heavy (non-hydrogen) atoms. The zero-order chi connectivity index (χ0) is 15.6. The van der Waals surface area contributed by atoms with Crippen molar-refractivity contribution in [2.75, 3.05) is 13.7 Å². The predicted molar refractivity (Wildman–Crippen MR) is 84.5 cm³/mol. The van der Waals surface area contributed by atoms with Gasteiger partial charge in [0.25, 0.3) is 5.91 Å². The number of aliphatic hydroxyl groups excluding tert-OH is 1. The van der Waals surface area contributed by atoms with E-state index < -0.39 is 0 Å². The van der Waals surface area contributed by atoms with E-state index in [9.17, 15) is 9.90 Å². The van der Waals surface area contributed by atoms with Crippen molar-refractivity contribution in [3.63, 3.8) is 0 Å². The molecule has 0 radical (unpaired) electrons. The van der Waals surface area contributed by atoms with E-state index in [-0.39, 0.29) is 12.5 Å². The highest BCUT2D eigenvalue weighted by atomic mass is 16.3. The number of amides is 1. The van der Waals surface area contributed by atoms with Crippen LogP contribution in [0.3, 0.4) is 0 Å². The summed E-state index contributed by atoms with van der Waals surface area (Å²) < 4.78 is 2.18. The Kier molecular flexibility index (Phi) is 5.09. The first-order chi connectivity index (χ1) is 9.99. The van der Waals surface area contributed by atoms with Crippen LogP contribution in [-0.4, -0.2) is 40.2 Å². The second-order valence-corrected chi connectivity index (χ2v) is 6.30. The van der Waals surface area contributed by atoms with Crippen LogP contribution in [0.25, 0.3) is 0 Å². The first-order valence-corrected chi connectivity index (χ1v) is 8.04. The Bertz CT molecular complexity index is 499. The number of aromatic nitrogens is 1. The van der Waals surface area contributed by atoms with Crippen LogP contribution in [0.1, 0.15) is 54.4 Å². The molecule has 0 aromatic carbocycles. The summed E-state index contributed by atoms with van der Waals surface area (Å²) in [5, 5.41) is 9.22. The highest BCUT2D eigenvalue weighted by molar-refractivity contribution is 5.95. The third-order valence-corrected chi connectivity index (χ3v) is 5.06. The molecule has 0 spiro atoms. The summed E-state index contributed by atoms with van der Waals surface area (Å²) >= 11 is 0. The van der Waals surface area contributed by atoms with E-state index in [2.05, 4.69) is 18.4 Å². The molecule has 1 amide bonds. The lowest BCUT2D eigenvalue weighted by molar-refractivity contribution is 0.0652. The molecular formula is C17H28N2O2. The molecule has 1 N–H and O–H groups in total. The molecule has 2 rings (SSSR count). The Morgan fingerprint density at radius 1 is 1.33 bits per heavy atom. The molecule has 4 nitrogen and oxygen atoms in total. The quantitative estimate of drug-likeness (QED) is 0.927. The van der Waals surface area contributed by atoms with Gasteiger partial charge < -0.3 is 14.6 Å². The van der Waals surface area contributed by atoms with Gasteiger partial charge in [0.2, 0.25) is 0 Å². The molecule has 118 valence electrons. The number of aliphatic hydroxyl groups is 1. The number of carbonyl (C=O) groups is 1. The summed E-state index contributed by atoms with van der Waals surface area (Å²) in [6, 6.07) is 2.32. The van der Waals surface area contributed by atoms with E-state index >= 15 is 0 Å². The van der Waals surface area contributed by atoms with Gasteiger partial charge in [0.05, 0.1) is 5.56 Å². The molecule has 1 aliphatic carbocycles. The van der Waals surface area contributed by atoms with Crippen molar-refractivity contribution in [2.45, 2.75) is 59.0 Å². The minimum Gasteiger partial charge on any atom is -0.396 e. The van der Waals surface area contributed by atoms with Gasteiger partial charge in [-0.2, -0.15) is 0 Å². The molecule has 1 aromatic heterocycles. The van der Waals surface area contributed by atoms with E-state index in [1.165, 1.54) is 0 Å². The number of rotatable bonds is 4. The zero-order valence-electron chi connectivity index (χ0n) is 13.7. The van der Waals surface area contributed by atoms with E-state index in [0.29, 0.717) is 12.0 Å². The maximum atomic E-state index is 12.8. The summed E-state index contributed by atoms with van der Waals surface area (Å²) in [7, 11) is 1.92. The van der Waals surface area contributed by atoms with Crippen molar-refractivity contribution in [3.05, 3.63) is 23.0 Å². The molecule has 1 heterocycles. The van der Waals surface area contributed by atoms with Gasteiger partial charge in [-0.05, 0) is 58.4 Å². The smallest absolute Gasteiger partial charge is 0.255 e. The van der Waals surface area contributed by atoms with Gasteiger partial charge in [-0.3, -0.25) is 4.79 Å². The van der Waals surface area contributed by atoms with Crippen molar-refractivity contribution in [3.8, 4) is 0 Å². The third-order valence-electron chi connectivity index (χ3n) is 5.06. The fourth-order valence-electron chi connectivity index (χ4n) is 3.57.